The van der Waals surface area contributed by atoms with Gasteiger partial charge in [-0.2, -0.15) is 14.0 Å². The molecule has 5 heteroatoms. The average Bonchev–Trinajstić information content (AvgIpc) is 2.16. The molecule has 0 aliphatic rings. The molecule has 1 aromatic rings. The molecule has 1 atom stereocenters. The van der Waals surface area contributed by atoms with Crippen LogP contribution in [0.4, 0.5) is 13.2 Å². The van der Waals surface area contributed by atoms with E-state index in [0.717, 1.165) is 6.07 Å². The molecule has 15 heavy (non-hydrogen) atoms. The Hall–Kier alpha value is -1.70. The van der Waals surface area contributed by atoms with Gasteiger partial charge in [-0.15, -0.1) is 0 Å². The largest absolute Gasteiger partial charge is 0.435 e. The summed E-state index contributed by atoms with van der Waals surface area (Å²) >= 11 is 0. The molecular formula is C10H8F3NO. The quantitative estimate of drug-likeness (QED) is 0.776. The molecule has 0 saturated heterocycles. The first kappa shape index (κ1) is 11.4. The van der Waals surface area contributed by atoms with Gasteiger partial charge in [0, 0.05) is 11.6 Å². The zero-order valence-corrected chi connectivity index (χ0v) is 7.88. The summed E-state index contributed by atoms with van der Waals surface area (Å²) in [4.78, 5) is 0. The summed E-state index contributed by atoms with van der Waals surface area (Å²) in [5.41, 5.74) is 0.166. The zero-order chi connectivity index (χ0) is 11.4. The van der Waals surface area contributed by atoms with Crippen molar-refractivity contribution < 1.29 is 17.9 Å². The molecular weight excluding hydrogens is 207 g/mol. The fraction of sp³-hybridized carbons (Fsp3) is 0.300. The van der Waals surface area contributed by atoms with Gasteiger partial charge in [0.1, 0.15) is 11.6 Å². The Morgan fingerprint density at radius 2 is 2.07 bits per heavy atom. The molecule has 0 aliphatic carbocycles. The molecule has 80 valence electrons. The van der Waals surface area contributed by atoms with Gasteiger partial charge in [-0.3, -0.25) is 0 Å². The molecule has 1 aromatic carbocycles. The Morgan fingerprint density at radius 1 is 1.40 bits per heavy atom. The molecule has 1 rings (SSSR count). The van der Waals surface area contributed by atoms with Crippen LogP contribution >= 0.6 is 0 Å². The van der Waals surface area contributed by atoms with E-state index in [1.807, 2.05) is 6.07 Å². The molecule has 2 nitrogen and oxygen atoms in total. The van der Waals surface area contributed by atoms with Gasteiger partial charge in [-0.25, -0.2) is 4.39 Å². The van der Waals surface area contributed by atoms with Gasteiger partial charge in [0.2, 0.25) is 0 Å². The van der Waals surface area contributed by atoms with Crippen LogP contribution in [-0.4, -0.2) is 6.61 Å². The van der Waals surface area contributed by atoms with E-state index < -0.39 is 18.3 Å². The Kier molecular flexibility index (Phi) is 3.56. The highest BCUT2D eigenvalue weighted by Crippen LogP contribution is 2.23. The van der Waals surface area contributed by atoms with E-state index in [9.17, 15) is 13.2 Å². The molecule has 0 N–H and O–H groups in total. The van der Waals surface area contributed by atoms with Crippen LogP contribution in [-0.2, 0) is 0 Å². The highest BCUT2D eigenvalue weighted by Gasteiger charge is 2.12. The number of hydrogen-bond donors (Lipinski definition) is 0. The van der Waals surface area contributed by atoms with Crippen molar-refractivity contribution in [1.29, 1.82) is 5.26 Å². The maximum atomic E-state index is 13.3. The zero-order valence-electron chi connectivity index (χ0n) is 7.88. The number of halogens is 3. The normalized spacial score (nSPS) is 12.3. The summed E-state index contributed by atoms with van der Waals surface area (Å²) in [5.74, 6) is -1.59. The molecule has 1 unspecified atom stereocenters. The van der Waals surface area contributed by atoms with Crippen molar-refractivity contribution in [2.24, 2.45) is 0 Å². The molecule has 0 saturated carbocycles. The predicted molar refractivity (Wildman–Crippen MR) is 47.1 cm³/mol. The van der Waals surface area contributed by atoms with Crippen molar-refractivity contribution in [1.82, 2.24) is 0 Å². The lowest BCUT2D eigenvalue weighted by Crippen LogP contribution is -2.03. The number of alkyl halides is 2. The molecule has 0 spiro atoms. The number of hydrogen-bond acceptors (Lipinski definition) is 2. The summed E-state index contributed by atoms with van der Waals surface area (Å²) in [6.07, 6.45) is 0. The Balaban J connectivity index is 2.94. The minimum atomic E-state index is -2.98. The van der Waals surface area contributed by atoms with Crippen molar-refractivity contribution >= 4 is 0 Å². The van der Waals surface area contributed by atoms with E-state index in [1.54, 1.807) is 0 Å². The van der Waals surface area contributed by atoms with E-state index in [-0.39, 0.29) is 11.3 Å². The van der Waals surface area contributed by atoms with Crippen LogP contribution in [0.5, 0.6) is 5.75 Å². The number of nitrogens with zero attached hydrogens (tertiary/aromatic N) is 1. The van der Waals surface area contributed by atoms with Gasteiger partial charge >= 0.3 is 6.61 Å². The first-order valence-electron chi connectivity index (χ1n) is 4.18. The molecule has 0 bridgehead atoms. The summed E-state index contributed by atoms with van der Waals surface area (Å²) in [5, 5.41) is 8.56. The third kappa shape index (κ3) is 2.88. The van der Waals surface area contributed by atoms with Crippen LogP contribution in [0.25, 0.3) is 0 Å². The van der Waals surface area contributed by atoms with E-state index in [4.69, 9.17) is 5.26 Å². The summed E-state index contributed by atoms with van der Waals surface area (Å²) in [7, 11) is 0. The lowest BCUT2D eigenvalue weighted by atomic mass is 10.0. The first-order valence-corrected chi connectivity index (χ1v) is 4.18. The van der Waals surface area contributed by atoms with Crippen LogP contribution in [0, 0.1) is 17.1 Å². The monoisotopic (exact) mass is 215 g/mol. The second-order valence-corrected chi connectivity index (χ2v) is 2.91. The van der Waals surface area contributed by atoms with Gasteiger partial charge in [-0.05, 0) is 13.0 Å². The second-order valence-electron chi connectivity index (χ2n) is 2.91. The fourth-order valence-corrected chi connectivity index (χ4v) is 1.10. The van der Waals surface area contributed by atoms with Crippen LogP contribution in [0.3, 0.4) is 0 Å². The molecule has 0 aliphatic heterocycles. The van der Waals surface area contributed by atoms with Gasteiger partial charge in [-0.1, -0.05) is 6.07 Å². The van der Waals surface area contributed by atoms with E-state index in [1.165, 1.54) is 19.1 Å². The third-order valence-electron chi connectivity index (χ3n) is 1.86. The number of benzene rings is 1. The van der Waals surface area contributed by atoms with Crippen molar-refractivity contribution in [2.45, 2.75) is 19.5 Å². The average molecular weight is 215 g/mol. The smallest absolute Gasteiger partial charge is 0.387 e. The van der Waals surface area contributed by atoms with Crippen LogP contribution in [0.2, 0.25) is 0 Å². The first-order chi connectivity index (χ1) is 7.04. The predicted octanol–water partition coefficient (Wildman–Crippen LogP) is 3.05. The number of rotatable bonds is 3. The number of nitriles is 1. The number of ether oxygens (including phenoxy) is 1. The Bertz CT molecular complexity index is 387. The van der Waals surface area contributed by atoms with Crippen LogP contribution in [0.1, 0.15) is 18.4 Å². The van der Waals surface area contributed by atoms with Gasteiger partial charge in [0.15, 0.2) is 0 Å². The second kappa shape index (κ2) is 4.69. The van der Waals surface area contributed by atoms with Crippen molar-refractivity contribution in [3.8, 4) is 11.8 Å². The topological polar surface area (TPSA) is 33.0 Å². The molecule has 0 heterocycles. The van der Waals surface area contributed by atoms with Crippen molar-refractivity contribution in [2.75, 3.05) is 0 Å². The highest BCUT2D eigenvalue weighted by atomic mass is 19.3. The van der Waals surface area contributed by atoms with Crippen LogP contribution < -0.4 is 4.74 Å². The lowest BCUT2D eigenvalue weighted by molar-refractivity contribution is -0.0500. The maximum absolute atomic E-state index is 13.3. The SMILES string of the molecule is CC(C#N)c1ccc(OC(F)F)cc1F. The Labute approximate surface area is 84.9 Å². The van der Waals surface area contributed by atoms with E-state index in [2.05, 4.69) is 4.74 Å². The maximum Gasteiger partial charge on any atom is 0.387 e. The van der Waals surface area contributed by atoms with Gasteiger partial charge in [0.25, 0.3) is 0 Å². The summed E-state index contributed by atoms with van der Waals surface area (Å²) in [6.45, 7) is -1.46. The standard InChI is InChI=1S/C10H8F3NO/c1-6(5-14)8-3-2-7(4-9(8)11)15-10(12)13/h2-4,6,10H,1H3. The minimum absolute atomic E-state index is 0.166. The summed E-state index contributed by atoms with van der Waals surface area (Å²) in [6, 6.07) is 5.17. The van der Waals surface area contributed by atoms with Crippen LogP contribution in [0.15, 0.2) is 18.2 Å². The lowest BCUT2D eigenvalue weighted by Gasteiger charge is -2.08. The fourth-order valence-electron chi connectivity index (χ4n) is 1.10. The van der Waals surface area contributed by atoms with Gasteiger partial charge in [0.05, 0.1) is 12.0 Å². The van der Waals surface area contributed by atoms with E-state index in [0.29, 0.717) is 0 Å². The third-order valence-corrected chi connectivity index (χ3v) is 1.86. The van der Waals surface area contributed by atoms with E-state index >= 15 is 0 Å². The van der Waals surface area contributed by atoms with Crippen molar-refractivity contribution in [3.05, 3.63) is 29.6 Å². The Morgan fingerprint density at radius 3 is 2.53 bits per heavy atom. The highest BCUT2D eigenvalue weighted by molar-refractivity contribution is 5.33. The molecule has 0 aromatic heterocycles. The van der Waals surface area contributed by atoms with Gasteiger partial charge < -0.3 is 4.74 Å². The summed E-state index contributed by atoms with van der Waals surface area (Å²) < 4.78 is 40.8. The van der Waals surface area contributed by atoms with Crippen molar-refractivity contribution in [3.63, 3.8) is 0 Å². The molecule has 0 fully saturated rings. The molecule has 0 amide bonds. The molecule has 0 radical (unpaired) electrons. The minimum Gasteiger partial charge on any atom is -0.435 e.